The van der Waals surface area contributed by atoms with E-state index in [1.54, 1.807) is 0 Å². The molecule has 0 aromatic rings. The Hall–Kier alpha value is -0.0500. The van der Waals surface area contributed by atoms with Crippen LogP contribution in [0.1, 0.15) is 52.4 Å². The molecule has 88 valence electrons. The fourth-order valence-corrected chi connectivity index (χ4v) is 2.70. The highest BCUT2D eigenvalue weighted by Crippen LogP contribution is 2.24. The molecule has 1 N–H and O–H groups in total. The average molecular weight is 276 g/mol. The van der Waals surface area contributed by atoms with Crippen molar-refractivity contribution in [1.29, 1.82) is 0 Å². The van der Waals surface area contributed by atoms with Gasteiger partial charge in [-0.3, -0.25) is 4.79 Å². The minimum atomic E-state index is 0.215. The molecule has 0 radical (unpaired) electrons. The zero-order valence-corrected chi connectivity index (χ0v) is 11.3. The third kappa shape index (κ3) is 4.13. The summed E-state index contributed by atoms with van der Waals surface area (Å²) in [7, 11) is 0. The van der Waals surface area contributed by atoms with E-state index in [2.05, 4.69) is 35.1 Å². The summed E-state index contributed by atoms with van der Waals surface area (Å²) in [6.45, 7) is 4.17. The van der Waals surface area contributed by atoms with E-state index < -0.39 is 0 Å². The van der Waals surface area contributed by atoms with Crippen LogP contribution < -0.4 is 5.32 Å². The summed E-state index contributed by atoms with van der Waals surface area (Å²) in [6.07, 6.45) is 6.54. The summed E-state index contributed by atoms with van der Waals surface area (Å²) >= 11 is 3.63. The van der Waals surface area contributed by atoms with Gasteiger partial charge in [-0.25, -0.2) is 0 Å². The minimum Gasteiger partial charge on any atom is -0.353 e. The minimum absolute atomic E-state index is 0.215. The van der Waals surface area contributed by atoms with Gasteiger partial charge in [-0.1, -0.05) is 29.8 Å². The second-order valence-electron chi connectivity index (χ2n) is 4.47. The predicted molar refractivity (Wildman–Crippen MR) is 67.2 cm³/mol. The molecule has 1 aliphatic rings. The van der Waals surface area contributed by atoms with Gasteiger partial charge in [0.2, 0.25) is 5.91 Å². The Morgan fingerprint density at radius 1 is 1.27 bits per heavy atom. The second-order valence-corrected chi connectivity index (χ2v) is 5.77. The first-order valence-electron chi connectivity index (χ1n) is 6.11. The van der Waals surface area contributed by atoms with Gasteiger partial charge in [0.05, 0.1) is 0 Å². The van der Waals surface area contributed by atoms with E-state index in [9.17, 15) is 4.79 Å². The normalized spacial score (nSPS) is 26.7. The first-order chi connectivity index (χ1) is 7.17. The smallest absolute Gasteiger partial charge is 0.223 e. The number of carbonyl (C=O) groups is 1. The van der Waals surface area contributed by atoms with E-state index in [-0.39, 0.29) is 11.8 Å². The molecule has 1 amide bonds. The van der Waals surface area contributed by atoms with Crippen molar-refractivity contribution in [3.63, 3.8) is 0 Å². The van der Waals surface area contributed by atoms with Crippen molar-refractivity contribution in [2.45, 2.75) is 63.2 Å². The lowest BCUT2D eigenvalue weighted by atomic mass is 9.94. The molecule has 3 heteroatoms. The number of hydrogen-bond donors (Lipinski definition) is 1. The molecule has 0 aliphatic heterocycles. The van der Waals surface area contributed by atoms with E-state index in [4.69, 9.17) is 0 Å². The van der Waals surface area contributed by atoms with Gasteiger partial charge in [-0.15, -0.1) is 0 Å². The number of hydrogen-bond acceptors (Lipinski definition) is 1. The lowest BCUT2D eigenvalue weighted by molar-refractivity contribution is -0.126. The second kappa shape index (κ2) is 6.51. The van der Waals surface area contributed by atoms with E-state index in [1.165, 1.54) is 12.8 Å². The Morgan fingerprint density at radius 2 is 1.80 bits per heavy atom. The first-order valence-corrected chi connectivity index (χ1v) is 7.03. The van der Waals surface area contributed by atoms with Crippen LogP contribution in [-0.2, 0) is 4.79 Å². The van der Waals surface area contributed by atoms with Crippen LogP contribution in [0.2, 0.25) is 0 Å². The van der Waals surface area contributed by atoms with Gasteiger partial charge in [-0.2, -0.15) is 0 Å². The lowest BCUT2D eigenvalue weighted by Gasteiger charge is -2.27. The van der Waals surface area contributed by atoms with Crippen molar-refractivity contribution < 1.29 is 4.79 Å². The molecular formula is C12H22BrNO. The fourth-order valence-electron chi connectivity index (χ4n) is 2.18. The number of alkyl halides is 1. The molecule has 15 heavy (non-hydrogen) atoms. The maximum Gasteiger partial charge on any atom is 0.223 e. The standard InChI is InChI=1S/C12H22BrNO/c1-3-9(4-2)12(15)14-11-7-5-10(13)6-8-11/h9-11H,3-8H2,1-2H3,(H,14,15). The highest BCUT2D eigenvalue weighted by molar-refractivity contribution is 9.09. The van der Waals surface area contributed by atoms with E-state index in [1.807, 2.05) is 0 Å². The summed E-state index contributed by atoms with van der Waals surface area (Å²) in [5.41, 5.74) is 0. The van der Waals surface area contributed by atoms with Crippen molar-refractivity contribution in [2.75, 3.05) is 0 Å². The van der Waals surface area contributed by atoms with E-state index in [0.29, 0.717) is 10.9 Å². The van der Waals surface area contributed by atoms with Crippen LogP contribution in [0.4, 0.5) is 0 Å². The molecule has 1 aliphatic carbocycles. The van der Waals surface area contributed by atoms with Gasteiger partial charge in [0.15, 0.2) is 0 Å². The van der Waals surface area contributed by atoms with Crippen LogP contribution in [0.5, 0.6) is 0 Å². The SMILES string of the molecule is CCC(CC)C(=O)NC1CCC(Br)CC1. The van der Waals surface area contributed by atoms with Crippen LogP contribution in [-0.4, -0.2) is 16.8 Å². The first kappa shape index (κ1) is 13.0. The maximum absolute atomic E-state index is 11.8. The van der Waals surface area contributed by atoms with Crippen LogP contribution in [0.3, 0.4) is 0 Å². The summed E-state index contributed by atoms with van der Waals surface area (Å²) in [5, 5.41) is 3.18. The number of carbonyl (C=O) groups excluding carboxylic acids is 1. The van der Waals surface area contributed by atoms with Gasteiger partial charge < -0.3 is 5.32 Å². The monoisotopic (exact) mass is 275 g/mol. The molecule has 0 bridgehead atoms. The zero-order chi connectivity index (χ0) is 11.3. The van der Waals surface area contributed by atoms with Crippen molar-refractivity contribution in [2.24, 2.45) is 5.92 Å². The zero-order valence-electron chi connectivity index (χ0n) is 9.76. The highest BCUT2D eigenvalue weighted by Gasteiger charge is 2.22. The van der Waals surface area contributed by atoms with Gasteiger partial charge in [0, 0.05) is 16.8 Å². The molecular weight excluding hydrogens is 254 g/mol. The van der Waals surface area contributed by atoms with E-state index >= 15 is 0 Å². The summed E-state index contributed by atoms with van der Waals surface area (Å²) in [5.74, 6) is 0.477. The lowest BCUT2D eigenvalue weighted by Crippen LogP contribution is -2.40. The van der Waals surface area contributed by atoms with Crippen molar-refractivity contribution >= 4 is 21.8 Å². The molecule has 0 atom stereocenters. The number of rotatable bonds is 4. The van der Waals surface area contributed by atoms with Gasteiger partial charge in [0.1, 0.15) is 0 Å². The Kier molecular flexibility index (Phi) is 5.65. The number of amides is 1. The molecule has 0 heterocycles. The Morgan fingerprint density at radius 3 is 2.27 bits per heavy atom. The van der Waals surface area contributed by atoms with Crippen LogP contribution in [0, 0.1) is 5.92 Å². The number of nitrogens with one attached hydrogen (secondary N) is 1. The van der Waals surface area contributed by atoms with Gasteiger partial charge >= 0.3 is 0 Å². The summed E-state index contributed by atoms with van der Waals surface area (Å²) < 4.78 is 0. The van der Waals surface area contributed by atoms with Crippen LogP contribution >= 0.6 is 15.9 Å². The average Bonchev–Trinajstić information content (AvgIpc) is 2.23. The highest BCUT2D eigenvalue weighted by atomic mass is 79.9. The quantitative estimate of drug-likeness (QED) is 0.785. The topological polar surface area (TPSA) is 29.1 Å². The molecule has 2 nitrogen and oxygen atoms in total. The number of halogens is 1. The molecule has 0 unspecified atom stereocenters. The molecule has 0 spiro atoms. The third-order valence-corrected chi connectivity index (χ3v) is 4.28. The Labute approximate surface area is 101 Å². The van der Waals surface area contributed by atoms with Crippen LogP contribution in [0.15, 0.2) is 0 Å². The fraction of sp³-hybridized carbons (Fsp3) is 0.917. The molecule has 1 fully saturated rings. The summed E-state index contributed by atoms with van der Waals surface area (Å²) in [4.78, 5) is 12.5. The molecule has 0 aromatic heterocycles. The summed E-state index contributed by atoms with van der Waals surface area (Å²) in [6, 6.07) is 0.423. The molecule has 1 rings (SSSR count). The van der Waals surface area contributed by atoms with E-state index in [0.717, 1.165) is 25.7 Å². The Balaban J connectivity index is 2.31. The van der Waals surface area contributed by atoms with Gasteiger partial charge in [0.25, 0.3) is 0 Å². The predicted octanol–water partition coefficient (Wildman–Crippen LogP) is 3.24. The largest absolute Gasteiger partial charge is 0.353 e. The van der Waals surface area contributed by atoms with Crippen molar-refractivity contribution in [3.05, 3.63) is 0 Å². The molecule has 0 aromatic carbocycles. The van der Waals surface area contributed by atoms with Gasteiger partial charge in [-0.05, 0) is 38.5 Å². The maximum atomic E-state index is 11.8. The molecule has 0 saturated heterocycles. The Bertz CT molecular complexity index is 196. The van der Waals surface area contributed by atoms with Crippen molar-refractivity contribution in [1.82, 2.24) is 5.32 Å². The third-order valence-electron chi connectivity index (χ3n) is 3.36. The van der Waals surface area contributed by atoms with Crippen molar-refractivity contribution in [3.8, 4) is 0 Å². The molecule has 1 saturated carbocycles. The van der Waals surface area contributed by atoms with Crippen LogP contribution in [0.25, 0.3) is 0 Å².